The van der Waals surface area contributed by atoms with Crippen molar-refractivity contribution in [2.24, 2.45) is 0 Å². The molecule has 0 saturated heterocycles. The van der Waals surface area contributed by atoms with E-state index >= 15 is 0 Å². The molecular weight excluding hydrogens is 659 g/mol. The number of carbonyl (C=O) groups is 3. The van der Waals surface area contributed by atoms with Gasteiger partial charge in [-0.15, -0.1) is 0 Å². The highest BCUT2D eigenvalue weighted by molar-refractivity contribution is 8.13. The van der Waals surface area contributed by atoms with Gasteiger partial charge in [0.2, 0.25) is 0 Å². The van der Waals surface area contributed by atoms with Crippen LogP contribution in [0.5, 0.6) is 0 Å². The molecule has 1 aromatic heterocycles. The Bertz CT molecular complexity index is 1010. The second-order valence-corrected chi connectivity index (χ2v) is 15.1. The molecule has 8 nitrogen and oxygen atoms in total. The van der Waals surface area contributed by atoms with Crippen LogP contribution in [0.15, 0.2) is 24.5 Å². The van der Waals surface area contributed by atoms with E-state index in [9.17, 15) is 14.4 Å². The highest BCUT2D eigenvalue weighted by Crippen LogP contribution is 2.19. The minimum Gasteiger partial charge on any atom is -0.462 e. The van der Waals surface area contributed by atoms with Gasteiger partial charge in [-0.2, -0.15) is 0 Å². The molecule has 0 fully saturated rings. The van der Waals surface area contributed by atoms with Gasteiger partial charge in [-0.1, -0.05) is 128 Å². The first-order valence-electron chi connectivity index (χ1n) is 20.8. The average molecular weight is 734 g/mol. The molecular formula is C42H75N3O5S. The minimum atomic E-state index is -0.244. The van der Waals surface area contributed by atoms with Crippen LogP contribution in [0.1, 0.15) is 181 Å². The SMILES string of the molecule is CCCCCC/C=C\COC(=O)CCCN(CCCC(=O)OC(CCCCCCCC)CCCCCCCC)C(=O)SCCCn1ccnc1C. The summed E-state index contributed by atoms with van der Waals surface area (Å²) in [6, 6.07) is 0. The molecule has 0 aliphatic rings. The summed E-state index contributed by atoms with van der Waals surface area (Å²) in [5.41, 5.74) is 0. The second kappa shape index (κ2) is 33.5. The maximum Gasteiger partial charge on any atom is 0.306 e. The zero-order valence-electron chi connectivity index (χ0n) is 33.2. The van der Waals surface area contributed by atoms with Crippen molar-refractivity contribution in [2.75, 3.05) is 25.4 Å². The lowest BCUT2D eigenvalue weighted by Crippen LogP contribution is -2.31. The number of imidazole rings is 1. The topological polar surface area (TPSA) is 90.7 Å². The van der Waals surface area contributed by atoms with Crippen LogP contribution in [0.3, 0.4) is 0 Å². The molecule has 0 aromatic carbocycles. The third-order valence-corrected chi connectivity index (χ3v) is 10.4. The van der Waals surface area contributed by atoms with Gasteiger partial charge in [0.15, 0.2) is 0 Å². The predicted molar refractivity (Wildman–Crippen MR) is 214 cm³/mol. The Labute approximate surface area is 316 Å². The van der Waals surface area contributed by atoms with Gasteiger partial charge in [-0.25, -0.2) is 4.98 Å². The maximum atomic E-state index is 13.3. The van der Waals surface area contributed by atoms with Gasteiger partial charge < -0.3 is 18.9 Å². The van der Waals surface area contributed by atoms with E-state index in [2.05, 4.69) is 36.4 Å². The maximum absolute atomic E-state index is 13.3. The van der Waals surface area contributed by atoms with Crippen molar-refractivity contribution in [3.63, 3.8) is 0 Å². The molecule has 0 N–H and O–H groups in total. The second-order valence-electron chi connectivity index (χ2n) is 14.1. The highest BCUT2D eigenvalue weighted by atomic mass is 32.2. The summed E-state index contributed by atoms with van der Waals surface area (Å²) in [6.45, 7) is 10.7. The number of esters is 2. The van der Waals surface area contributed by atoms with Crippen LogP contribution in [0.4, 0.5) is 4.79 Å². The van der Waals surface area contributed by atoms with E-state index in [1.165, 1.54) is 102 Å². The standard InChI is InChI=1S/C42H75N3O5S/c1-5-8-11-14-17-20-23-36-49-40(46)29-24-32-45(42(48)51-37-26-34-44-35-31-43-38(44)4)33-25-30-41(47)50-39(27-21-18-15-12-9-6-2)28-22-19-16-13-10-7-3/h20,23,31,35,39H,5-19,21-22,24-30,32-34,36-37H2,1-4H3/b23-20-. The number of ether oxygens (including phenoxy) is 2. The van der Waals surface area contributed by atoms with Crippen molar-refractivity contribution < 1.29 is 23.9 Å². The number of aryl methyl sites for hydroxylation is 2. The molecule has 0 unspecified atom stereocenters. The first-order chi connectivity index (χ1) is 24.9. The van der Waals surface area contributed by atoms with Crippen LogP contribution in [0.25, 0.3) is 0 Å². The molecule has 0 aliphatic carbocycles. The third kappa shape index (κ3) is 27.0. The van der Waals surface area contributed by atoms with Gasteiger partial charge in [0, 0.05) is 50.6 Å². The Kier molecular flexibility index (Phi) is 30.7. The largest absolute Gasteiger partial charge is 0.462 e. The zero-order valence-corrected chi connectivity index (χ0v) is 34.0. The number of allylic oxidation sites excluding steroid dienone is 1. The smallest absolute Gasteiger partial charge is 0.306 e. The van der Waals surface area contributed by atoms with Crippen LogP contribution in [0.2, 0.25) is 0 Å². The first-order valence-corrected chi connectivity index (χ1v) is 21.8. The van der Waals surface area contributed by atoms with E-state index in [1.54, 1.807) is 11.1 Å². The number of amides is 1. The number of hydrogen-bond donors (Lipinski definition) is 0. The molecule has 1 heterocycles. The monoisotopic (exact) mass is 734 g/mol. The molecule has 0 saturated carbocycles. The van der Waals surface area contributed by atoms with E-state index in [0.29, 0.717) is 44.7 Å². The number of hydrogen-bond acceptors (Lipinski definition) is 7. The summed E-state index contributed by atoms with van der Waals surface area (Å²) in [5.74, 6) is 1.26. The number of unbranched alkanes of at least 4 members (excludes halogenated alkanes) is 14. The van der Waals surface area contributed by atoms with Crippen molar-refractivity contribution in [3.05, 3.63) is 30.4 Å². The summed E-state index contributed by atoms with van der Waals surface area (Å²) >= 11 is 1.31. The van der Waals surface area contributed by atoms with Gasteiger partial charge in [-0.05, 0) is 64.7 Å². The van der Waals surface area contributed by atoms with Crippen molar-refractivity contribution >= 4 is 28.9 Å². The summed E-state index contributed by atoms with van der Waals surface area (Å²) in [4.78, 5) is 44.8. The predicted octanol–water partition coefficient (Wildman–Crippen LogP) is 11.8. The van der Waals surface area contributed by atoms with Crippen molar-refractivity contribution in [2.45, 2.75) is 194 Å². The Morgan fingerprint density at radius 3 is 1.90 bits per heavy atom. The lowest BCUT2D eigenvalue weighted by molar-refractivity contribution is -0.150. The van der Waals surface area contributed by atoms with Crippen LogP contribution in [-0.2, 0) is 25.6 Å². The van der Waals surface area contributed by atoms with Gasteiger partial charge in [-0.3, -0.25) is 14.4 Å². The highest BCUT2D eigenvalue weighted by Gasteiger charge is 2.18. The molecule has 0 spiro atoms. The fraction of sp³-hybridized carbons (Fsp3) is 0.810. The minimum absolute atomic E-state index is 0.00545. The van der Waals surface area contributed by atoms with Crippen LogP contribution < -0.4 is 0 Å². The first kappa shape index (κ1) is 46.7. The van der Waals surface area contributed by atoms with E-state index < -0.39 is 0 Å². The van der Waals surface area contributed by atoms with Crippen LogP contribution in [0, 0.1) is 6.92 Å². The summed E-state index contributed by atoms with van der Waals surface area (Å²) in [7, 11) is 0. The third-order valence-electron chi connectivity index (χ3n) is 9.36. The average Bonchev–Trinajstić information content (AvgIpc) is 3.53. The normalized spacial score (nSPS) is 11.5. The number of rotatable bonds is 34. The van der Waals surface area contributed by atoms with E-state index in [-0.39, 0.29) is 29.7 Å². The molecule has 51 heavy (non-hydrogen) atoms. The zero-order chi connectivity index (χ0) is 37.2. The summed E-state index contributed by atoms with van der Waals surface area (Å²) in [6.07, 6.45) is 32.8. The Balaban J connectivity index is 2.58. The molecule has 1 amide bonds. The quantitative estimate of drug-likeness (QED) is 0.0395. The molecule has 294 valence electrons. The molecule has 9 heteroatoms. The molecule has 0 radical (unpaired) electrons. The number of carbonyl (C=O) groups excluding carboxylic acids is 3. The Hall–Kier alpha value is -2.29. The van der Waals surface area contributed by atoms with E-state index in [0.717, 1.165) is 50.9 Å². The molecule has 0 aliphatic heterocycles. The number of aromatic nitrogens is 2. The summed E-state index contributed by atoms with van der Waals surface area (Å²) in [5, 5.41) is -0.00545. The Morgan fingerprint density at radius 2 is 1.31 bits per heavy atom. The van der Waals surface area contributed by atoms with E-state index in [1.807, 2.05) is 19.2 Å². The lowest BCUT2D eigenvalue weighted by Gasteiger charge is -2.23. The van der Waals surface area contributed by atoms with Crippen molar-refractivity contribution in [1.82, 2.24) is 14.5 Å². The van der Waals surface area contributed by atoms with Gasteiger partial charge in [0.25, 0.3) is 5.24 Å². The summed E-state index contributed by atoms with van der Waals surface area (Å²) < 4.78 is 13.5. The lowest BCUT2D eigenvalue weighted by atomic mass is 10.0. The number of nitrogens with zero attached hydrogens (tertiary/aromatic N) is 3. The fourth-order valence-corrected chi connectivity index (χ4v) is 6.96. The van der Waals surface area contributed by atoms with Crippen molar-refractivity contribution in [3.8, 4) is 0 Å². The van der Waals surface area contributed by atoms with Gasteiger partial charge >= 0.3 is 11.9 Å². The van der Waals surface area contributed by atoms with Gasteiger partial charge in [0.1, 0.15) is 18.5 Å². The molecule has 1 aromatic rings. The fourth-order valence-electron chi connectivity index (χ4n) is 6.15. The van der Waals surface area contributed by atoms with Crippen LogP contribution >= 0.6 is 11.8 Å². The molecule has 1 rings (SSSR count). The van der Waals surface area contributed by atoms with Gasteiger partial charge in [0.05, 0.1) is 0 Å². The van der Waals surface area contributed by atoms with Crippen LogP contribution in [-0.4, -0.2) is 63.2 Å². The van der Waals surface area contributed by atoms with E-state index in [4.69, 9.17) is 9.47 Å². The molecule has 0 bridgehead atoms. The van der Waals surface area contributed by atoms with Crippen molar-refractivity contribution in [1.29, 1.82) is 0 Å². The number of thioether (sulfide) groups is 1. The Morgan fingerprint density at radius 1 is 0.745 bits per heavy atom. The molecule has 0 atom stereocenters.